The Bertz CT molecular complexity index is 411. The van der Waals surface area contributed by atoms with Gasteiger partial charge in [-0.25, -0.2) is 0 Å². The van der Waals surface area contributed by atoms with E-state index in [-0.39, 0.29) is 5.41 Å². The van der Waals surface area contributed by atoms with Crippen molar-refractivity contribution in [2.24, 2.45) is 0 Å². The van der Waals surface area contributed by atoms with Gasteiger partial charge in [0.1, 0.15) is 5.75 Å². The van der Waals surface area contributed by atoms with Crippen LogP contribution in [0.1, 0.15) is 29.8 Å². The van der Waals surface area contributed by atoms with E-state index in [0.717, 1.165) is 11.8 Å². The van der Waals surface area contributed by atoms with Crippen molar-refractivity contribution >= 4 is 6.29 Å². The predicted molar refractivity (Wildman–Crippen MR) is 60.2 cm³/mol. The maximum absolute atomic E-state index is 10.8. The summed E-state index contributed by atoms with van der Waals surface area (Å²) in [5.74, 6) is 3.26. The van der Waals surface area contributed by atoms with Crippen LogP contribution in [0, 0.1) is 12.3 Å². The second-order valence-corrected chi connectivity index (χ2v) is 3.84. The third kappa shape index (κ3) is 2.19. The Kier molecular flexibility index (Phi) is 3.16. The van der Waals surface area contributed by atoms with Gasteiger partial charge in [0, 0.05) is 0 Å². The maximum atomic E-state index is 10.8. The normalized spacial score (nSPS) is 10.5. The van der Waals surface area contributed by atoms with Crippen LogP contribution >= 0.6 is 0 Å². The van der Waals surface area contributed by atoms with Crippen LogP contribution in [0.4, 0.5) is 0 Å². The molecule has 0 saturated heterocycles. The molecule has 0 amide bonds. The number of hydrogen-bond acceptors (Lipinski definition) is 2. The fourth-order valence-electron chi connectivity index (χ4n) is 1.30. The van der Waals surface area contributed by atoms with Gasteiger partial charge in [0.15, 0.2) is 6.29 Å². The number of ether oxygens (including phenoxy) is 1. The van der Waals surface area contributed by atoms with Gasteiger partial charge < -0.3 is 4.74 Å². The van der Waals surface area contributed by atoms with Gasteiger partial charge in [0.2, 0.25) is 0 Å². The van der Waals surface area contributed by atoms with E-state index in [2.05, 4.69) is 5.92 Å². The molecule has 0 heterocycles. The summed E-state index contributed by atoms with van der Waals surface area (Å²) in [7, 11) is 1.54. The molecule has 0 saturated carbocycles. The van der Waals surface area contributed by atoms with E-state index in [1.807, 2.05) is 19.9 Å². The standard InChI is InChI=1S/C13H14O2/c1-5-13(2,3)11-6-7-12(15-4)10(8-11)9-14/h1,6-9H,2-4H3. The van der Waals surface area contributed by atoms with Crippen molar-refractivity contribution < 1.29 is 9.53 Å². The van der Waals surface area contributed by atoms with Crippen LogP contribution in [0.5, 0.6) is 5.75 Å². The molecule has 2 heteroatoms. The summed E-state index contributed by atoms with van der Waals surface area (Å²) < 4.78 is 5.05. The van der Waals surface area contributed by atoms with E-state index in [1.54, 1.807) is 12.1 Å². The van der Waals surface area contributed by atoms with Crippen LogP contribution < -0.4 is 4.74 Å². The SMILES string of the molecule is C#CC(C)(C)c1ccc(OC)c(C=O)c1. The summed E-state index contributed by atoms with van der Waals surface area (Å²) in [6, 6.07) is 5.41. The van der Waals surface area contributed by atoms with E-state index in [4.69, 9.17) is 11.2 Å². The first-order valence-electron chi connectivity index (χ1n) is 4.66. The molecule has 1 aromatic rings. The Morgan fingerprint density at radius 3 is 2.60 bits per heavy atom. The highest BCUT2D eigenvalue weighted by molar-refractivity contribution is 5.79. The van der Waals surface area contributed by atoms with Gasteiger partial charge in [-0.3, -0.25) is 4.79 Å². The zero-order valence-corrected chi connectivity index (χ0v) is 9.20. The van der Waals surface area contributed by atoms with Crippen LogP contribution in [-0.4, -0.2) is 13.4 Å². The molecule has 0 spiro atoms. The number of aldehydes is 1. The van der Waals surface area contributed by atoms with Gasteiger partial charge in [0.05, 0.1) is 18.1 Å². The topological polar surface area (TPSA) is 26.3 Å². The number of hydrogen-bond donors (Lipinski definition) is 0. The molecule has 78 valence electrons. The van der Waals surface area contributed by atoms with E-state index in [0.29, 0.717) is 11.3 Å². The summed E-state index contributed by atoms with van der Waals surface area (Å²) in [5, 5.41) is 0. The van der Waals surface area contributed by atoms with Crippen molar-refractivity contribution in [1.29, 1.82) is 0 Å². The van der Waals surface area contributed by atoms with Crippen molar-refractivity contribution in [1.82, 2.24) is 0 Å². The van der Waals surface area contributed by atoms with Crippen LogP contribution in [0.25, 0.3) is 0 Å². The molecule has 0 fully saturated rings. The summed E-state index contributed by atoms with van der Waals surface area (Å²) in [5.41, 5.74) is 1.09. The monoisotopic (exact) mass is 202 g/mol. The molecule has 1 aromatic carbocycles. The highest BCUT2D eigenvalue weighted by Gasteiger charge is 2.18. The molecule has 1 rings (SSSR count). The molecule has 2 nitrogen and oxygen atoms in total. The van der Waals surface area contributed by atoms with Gasteiger partial charge >= 0.3 is 0 Å². The third-order valence-electron chi connectivity index (χ3n) is 2.44. The Morgan fingerprint density at radius 1 is 1.47 bits per heavy atom. The first-order valence-corrected chi connectivity index (χ1v) is 4.66. The molecule has 0 unspecified atom stereocenters. The highest BCUT2D eigenvalue weighted by atomic mass is 16.5. The molecular weight excluding hydrogens is 188 g/mol. The zero-order valence-electron chi connectivity index (χ0n) is 9.20. The number of carbonyl (C=O) groups is 1. The summed E-state index contributed by atoms with van der Waals surface area (Å²) >= 11 is 0. The fourth-order valence-corrected chi connectivity index (χ4v) is 1.30. The van der Waals surface area contributed by atoms with Crippen molar-refractivity contribution in [2.75, 3.05) is 7.11 Å². The Balaban J connectivity index is 3.27. The third-order valence-corrected chi connectivity index (χ3v) is 2.44. The number of rotatable bonds is 3. The average Bonchev–Trinajstić information content (AvgIpc) is 2.28. The minimum Gasteiger partial charge on any atom is -0.496 e. The molecule has 0 atom stereocenters. The first-order chi connectivity index (χ1) is 7.05. The molecule has 0 radical (unpaired) electrons. The largest absolute Gasteiger partial charge is 0.496 e. The molecule has 15 heavy (non-hydrogen) atoms. The highest BCUT2D eigenvalue weighted by Crippen LogP contribution is 2.26. The zero-order chi connectivity index (χ0) is 11.5. The lowest BCUT2D eigenvalue weighted by molar-refractivity contribution is 0.112. The Labute approximate surface area is 90.3 Å². The minimum atomic E-state index is -0.371. The van der Waals surface area contributed by atoms with E-state index in [1.165, 1.54) is 7.11 Å². The van der Waals surface area contributed by atoms with Crippen LogP contribution in [0.15, 0.2) is 18.2 Å². The molecule has 0 bridgehead atoms. The lowest BCUT2D eigenvalue weighted by Crippen LogP contribution is -2.14. The number of benzene rings is 1. The molecule has 0 aliphatic carbocycles. The van der Waals surface area contributed by atoms with Gasteiger partial charge in [-0.1, -0.05) is 12.0 Å². The van der Waals surface area contributed by atoms with Crippen molar-refractivity contribution in [3.63, 3.8) is 0 Å². The summed E-state index contributed by atoms with van der Waals surface area (Å²) in [4.78, 5) is 10.8. The van der Waals surface area contributed by atoms with Crippen molar-refractivity contribution in [2.45, 2.75) is 19.3 Å². The van der Waals surface area contributed by atoms with Gasteiger partial charge in [-0.15, -0.1) is 6.42 Å². The van der Waals surface area contributed by atoms with Crippen molar-refractivity contribution in [3.8, 4) is 18.1 Å². The van der Waals surface area contributed by atoms with Gasteiger partial charge in [0.25, 0.3) is 0 Å². The van der Waals surface area contributed by atoms with Crippen LogP contribution in [0.3, 0.4) is 0 Å². The lowest BCUT2D eigenvalue weighted by atomic mass is 9.85. The Hall–Kier alpha value is -1.75. The van der Waals surface area contributed by atoms with Crippen LogP contribution in [0.2, 0.25) is 0 Å². The van der Waals surface area contributed by atoms with Crippen molar-refractivity contribution in [3.05, 3.63) is 29.3 Å². The quantitative estimate of drug-likeness (QED) is 0.555. The van der Waals surface area contributed by atoms with E-state index >= 15 is 0 Å². The molecular formula is C13H14O2. The average molecular weight is 202 g/mol. The minimum absolute atomic E-state index is 0.371. The fraction of sp³-hybridized carbons (Fsp3) is 0.308. The molecule has 0 aliphatic heterocycles. The number of terminal acetylenes is 1. The second kappa shape index (κ2) is 4.18. The van der Waals surface area contributed by atoms with Gasteiger partial charge in [-0.2, -0.15) is 0 Å². The Morgan fingerprint density at radius 2 is 2.13 bits per heavy atom. The van der Waals surface area contributed by atoms with Crippen LogP contribution in [-0.2, 0) is 5.41 Å². The molecule has 0 aromatic heterocycles. The molecule has 0 N–H and O–H groups in total. The first kappa shape index (κ1) is 11.3. The van der Waals surface area contributed by atoms with E-state index in [9.17, 15) is 4.79 Å². The van der Waals surface area contributed by atoms with Gasteiger partial charge in [-0.05, 0) is 31.5 Å². The summed E-state index contributed by atoms with van der Waals surface area (Å²) in [6.07, 6.45) is 6.20. The predicted octanol–water partition coefficient (Wildman–Crippen LogP) is 2.42. The summed E-state index contributed by atoms with van der Waals surface area (Å²) in [6.45, 7) is 3.87. The second-order valence-electron chi connectivity index (χ2n) is 3.84. The van der Waals surface area contributed by atoms with E-state index < -0.39 is 0 Å². The lowest BCUT2D eigenvalue weighted by Gasteiger charge is -2.19. The molecule has 0 aliphatic rings. The number of methoxy groups -OCH3 is 1. The maximum Gasteiger partial charge on any atom is 0.153 e. The smallest absolute Gasteiger partial charge is 0.153 e. The number of carbonyl (C=O) groups excluding carboxylic acids is 1.